The van der Waals surface area contributed by atoms with Crippen molar-refractivity contribution in [3.63, 3.8) is 0 Å². The van der Waals surface area contributed by atoms with E-state index in [0.717, 1.165) is 10.4 Å². The van der Waals surface area contributed by atoms with Crippen molar-refractivity contribution in [3.8, 4) is 0 Å². The van der Waals surface area contributed by atoms with Crippen molar-refractivity contribution in [3.05, 3.63) is 52.2 Å². The molecule has 2 amide bonds. The first-order valence-electron chi connectivity index (χ1n) is 7.36. The maximum absolute atomic E-state index is 12.0. The van der Waals surface area contributed by atoms with Crippen molar-refractivity contribution in [1.82, 2.24) is 5.32 Å². The first-order valence-corrected chi connectivity index (χ1v) is 8.24. The van der Waals surface area contributed by atoms with Gasteiger partial charge in [-0.05, 0) is 43.0 Å². The van der Waals surface area contributed by atoms with Crippen LogP contribution in [0.25, 0.3) is 0 Å². The largest absolute Gasteiger partial charge is 0.383 e. The molecule has 0 bridgehead atoms. The molecule has 0 saturated heterocycles. The van der Waals surface area contributed by atoms with Gasteiger partial charge in [-0.3, -0.25) is 0 Å². The number of aliphatic hydroxyl groups is 1. The summed E-state index contributed by atoms with van der Waals surface area (Å²) in [6, 6.07) is 10.8. The number of anilines is 1. The summed E-state index contributed by atoms with van der Waals surface area (Å²) in [5.41, 5.74) is 0.577. The van der Waals surface area contributed by atoms with Crippen LogP contribution in [0, 0.1) is 0 Å². The Balaban J connectivity index is 1.92. The fourth-order valence-electron chi connectivity index (χ4n) is 2.11. The fraction of sp³-hybridized carbons (Fsp3) is 0.353. The van der Waals surface area contributed by atoms with Gasteiger partial charge in [0.15, 0.2) is 0 Å². The zero-order chi connectivity index (χ0) is 16.9. The standard InChI is InChI=1S/C17H22N2O3S/c1-12(22-3)13-6-4-7-14(10-13)19-16(20)18-11-17(2,21)15-8-5-9-23-15/h4-10,12,21H,11H2,1-3H3,(H2,18,19,20)/t12-,17+/m1/s1. The Bertz CT molecular complexity index is 641. The van der Waals surface area contributed by atoms with Crippen LogP contribution in [0.4, 0.5) is 10.5 Å². The summed E-state index contributed by atoms with van der Waals surface area (Å²) in [7, 11) is 1.64. The molecule has 5 nitrogen and oxygen atoms in total. The van der Waals surface area contributed by atoms with Gasteiger partial charge in [-0.2, -0.15) is 0 Å². The van der Waals surface area contributed by atoms with Crippen molar-refractivity contribution in [2.45, 2.75) is 25.6 Å². The average molecular weight is 334 g/mol. The summed E-state index contributed by atoms with van der Waals surface area (Å²) in [6.45, 7) is 3.75. The zero-order valence-corrected chi connectivity index (χ0v) is 14.3. The summed E-state index contributed by atoms with van der Waals surface area (Å²) < 4.78 is 5.27. The Labute approximate surface area is 140 Å². The van der Waals surface area contributed by atoms with E-state index in [9.17, 15) is 9.90 Å². The Hall–Kier alpha value is -1.89. The van der Waals surface area contributed by atoms with Gasteiger partial charge in [0.2, 0.25) is 0 Å². The van der Waals surface area contributed by atoms with Gasteiger partial charge in [0.1, 0.15) is 5.60 Å². The van der Waals surface area contributed by atoms with Crippen LogP contribution >= 0.6 is 11.3 Å². The molecule has 2 rings (SSSR count). The lowest BCUT2D eigenvalue weighted by molar-refractivity contribution is 0.0637. The molecule has 0 fully saturated rings. The third-order valence-corrected chi connectivity index (χ3v) is 4.74. The number of carbonyl (C=O) groups excluding carboxylic acids is 1. The number of hydrogen-bond acceptors (Lipinski definition) is 4. The first kappa shape index (κ1) is 17.5. The van der Waals surface area contributed by atoms with Crippen LogP contribution in [0.3, 0.4) is 0 Å². The van der Waals surface area contributed by atoms with Crippen molar-refractivity contribution in [2.24, 2.45) is 0 Å². The minimum atomic E-state index is -1.09. The molecule has 2 atom stereocenters. The molecule has 0 aliphatic carbocycles. The van der Waals surface area contributed by atoms with Crippen molar-refractivity contribution >= 4 is 23.1 Å². The third-order valence-electron chi connectivity index (χ3n) is 3.61. The number of urea groups is 1. The molecule has 0 aliphatic heterocycles. The minimum absolute atomic E-state index is 0.0422. The second kappa shape index (κ2) is 7.59. The van der Waals surface area contributed by atoms with E-state index >= 15 is 0 Å². The zero-order valence-electron chi connectivity index (χ0n) is 13.5. The number of amides is 2. The number of nitrogens with one attached hydrogen (secondary N) is 2. The Morgan fingerprint density at radius 3 is 2.83 bits per heavy atom. The van der Waals surface area contributed by atoms with Crippen LogP contribution in [0.2, 0.25) is 0 Å². The number of methoxy groups -OCH3 is 1. The maximum atomic E-state index is 12.0. The van der Waals surface area contributed by atoms with Crippen LogP contribution in [0.5, 0.6) is 0 Å². The van der Waals surface area contributed by atoms with Crippen LogP contribution in [-0.4, -0.2) is 24.8 Å². The van der Waals surface area contributed by atoms with Gasteiger partial charge in [-0.15, -0.1) is 11.3 Å². The second-order valence-electron chi connectivity index (χ2n) is 5.56. The summed E-state index contributed by atoms with van der Waals surface area (Å²) in [5.74, 6) is 0. The molecule has 0 radical (unpaired) electrons. The topological polar surface area (TPSA) is 70.6 Å². The van der Waals surface area contributed by atoms with Gasteiger partial charge < -0.3 is 20.5 Å². The highest BCUT2D eigenvalue weighted by Gasteiger charge is 2.24. The number of rotatable bonds is 6. The van der Waals surface area contributed by atoms with Gasteiger partial charge in [0.05, 0.1) is 12.6 Å². The average Bonchev–Trinajstić information content (AvgIpc) is 3.08. The van der Waals surface area contributed by atoms with Crippen LogP contribution in [-0.2, 0) is 10.3 Å². The number of benzene rings is 1. The third kappa shape index (κ3) is 4.79. The highest BCUT2D eigenvalue weighted by Crippen LogP contribution is 2.24. The molecule has 1 aromatic heterocycles. The van der Waals surface area contributed by atoms with E-state index in [1.165, 1.54) is 11.3 Å². The summed E-state index contributed by atoms with van der Waals surface area (Å²) >= 11 is 1.46. The minimum Gasteiger partial charge on any atom is -0.383 e. The number of carbonyl (C=O) groups is 1. The highest BCUT2D eigenvalue weighted by atomic mass is 32.1. The number of thiophene rings is 1. The normalized spacial score (nSPS) is 14.8. The Morgan fingerprint density at radius 1 is 1.39 bits per heavy atom. The summed E-state index contributed by atoms with van der Waals surface area (Å²) in [5, 5.41) is 17.7. The molecule has 0 spiro atoms. The van der Waals surface area contributed by atoms with Gasteiger partial charge in [0.25, 0.3) is 0 Å². The molecule has 1 heterocycles. The number of hydrogen-bond donors (Lipinski definition) is 3. The lowest BCUT2D eigenvalue weighted by Crippen LogP contribution is -2.40. The molecule has 0 saturated carbocycles. The highest BCUT2D eigenvalue weighted by molar-refractivity contribution is 7.10. The molecule has 3 N–H and O–H groups in total. The predicted octanol–water partition coefficient (Wildman–Crippen LogP) is 3.48. The predicted molar refractivity (Wildman–Crippen MR) is 92.8 cm³/mol. The first-order chi connectivity index (χ1) is 10.9. The molecule has 0 unspecified atom stereocenters. The van der Waals surface area contributed by atoms with E-state index in [1.54, 1.807) is 14.0 Å². The van der Waals surface area contributed by atoms with Crippen LogP contribution in [0.1, 0.15) is 30.4 Å². The molecule has 124 valence electrons. The van der Waals surface area contributed by atoms with Gasteiger partial charge in [-0.25, -0.2) is 4.79 Å². The van der Waals surface area contributed by atoms with Gasteiger partial charge in [-0.1, -0.05) is 18.2 Å². The Morgan fingerprint density at radius 2 is 2.17 bits per heavy atom. The fourth-order valence-corrected chi connectivity index (χ4v) is 2.89. The van der Waals surface area contributed by atoms with E-state index in [4.69, 9.17) is 4.74 Å². The van der Waals surface area contributed by atoms with E-state index in [2.05, 4.69) is 10.6 Å². The maximum Gasteiger partial charge on any atom is 0.319 e. The second-order valence-corrected chi connectivity index (χ2v) is 6.51. The molecule has 6 heteroatoms. The van der Waals surface area contributed by atoms with Crippen LogP contribution in [0.15, 0.2) is 41.8 Å². The molecular weight excluding hydrogens is 312 g/mol. The quantitative estimate of drug-likeness (QED) is 0.757. The van der Waals surface area contributed by atoms with Crippen molar-refractivity contribution < 1.29 is 14.6 Å². The summed E-state index contributed by atoms with van der Waals surface area (Å²) in [6.07, 6.45) is -0.0422. The number of ether oxygens (including phenoxy) is 1. The smallest absolute Gasteiger partial charge is 0.319 e. The summed E-state index contributed by atoms with van der Waals surface area (Å²) in [4.78, 5) is 12.8. The van der Waals surface area contributed by atoms with Crippen LogP contribution < -0.4 is 10.6 Å². The van der Waals surface area contributed by atoms with E-state index in [0.29, 0.717) is 5.69 Å². The lowest BCUT2D eigenvalue weighted by atomic mass is 10.1. The SMILES string of the molecule is CO[C@H](C)c1cccc(NC(=O)NC[C@](C)(O)c2cccs2)c1. The molecule has 1 aromatic carbocycles. The lowest BCUT2D eigenvalue weighted by Gasteiger charge is -2.22. The van der Waals surface area contributed by atoms with Crippen molar-refractivity contribution in [2.75, 3.05) is 19.0 Å². The Kier molecular flexibility index (Phi) is 5.76. The molecule has 2 aromatic rings. The van der Waals surface area contributed by atoms with E-state index in [1.807, 2.05) is 48.7 Å². The molecule has 0 aliphatic rings. The molecular formula is C17H22N2O3S. The van der Waals surface area contributed by atoms with Gasteiger partial charge >= 0.3 is 6.03 Å². The molecule has 23 heavy (non-hydrogen) atoms. The van der Waals surface area contributed by atoms with Gasteiger partial charge in [0, 0.05) is 17.7 Å². The monoisotopic (exact) mass is 334 g/mol. The van der Waals surface area contributed by atoms with E-state index in [-0.39, 0.29) is 18.7 Å². The van der Waals surface area contributed by atoms with Crippen molar-refractivity contribution in [1.29, 1.82) is 0 Å². The van der Waals surface area contributed by atoms with E-state index < -0.39 is 5.60 Å².